The second-order valence-electron chi connectivity index (χ2n) is 3.73. The minimum atomic E-state index is -0.554. The number of halogens is 1. The number of nitrogens with two attached hydrogens (primary N) is 1. The molecule has 0 aliphatic rings. The van der Waals surface area contributed by atoms with Gasteiger partial charge in [0, 0.05) is 23.9 Å². The molecule has 5 heteroatoms. The summed E-state index contributed by atoms with van der Waals surface area (Å²) >= 11 is 1.47. The lowest BCUT2D eigenvalue weighted by molar-refractivity contribution is 0.183. The fourth-order valence-electron chi connectivity index (χ4n) is 1.44. The number of aliphatic hydroxyl groups excluding tert-OH is 1. The first-order valence-corrected chi connectivity index (χ1v) is 6.15. The molecule has 2 aromatic rings. The lowest BCUT2D eigenvalue weighted by Gasteiger charge is -2.03. The van der Waals surface area contributed by atoms with E-state index in [2.05, 4.69) is 4.98 Å². The SMILES string of the molecule is NCC(O)Cc1nc(-c2ccc(F)cc2)cs1. The molecule has 3 N–H and O–H groups in total. The summed E-state index contributed by atoms with van der Waals surface area (Å²) in [6, 6.07) is 6.19. The van der Waals surface area contributed by atoms with E-state index in [0.717, 1.165) is 16.3 Å². The van der Waals surface area contributed by atoms with Crippen molar-refractivity contribution in [1.82, 2.24) is 4.98 Å². The van der Waals surface area contributed by atoms with Crippen molar-refractivity contribution in [2.24, 2.45) is 5.73 Å². The van der Waals surface area contributed by atoms with E-state index in [1.807, 2.05) is 5.38 Å². The van der Waals surface area contributed by atoms with E-state index >= 15 is 0 Å². The summed E-state index contributed by atoms with van der Waals surface area (Å²) < 4.78 is 12.8. The van der Waals surface area contributed by atoms with Crippen molar-refractivity contribution in [3.63, 3.8) is 0 Å². The van der Waals surface area contributed by atoms with Crippen LogP contribution in [0.15, 0.2) is 29.6 Å². The Kier molecular flexibility index (Phi) is 3.83. The molecule has 0 aliphatic carbocycles. The molecule has 1 aromatic heterocycles. The number of aliphatic hydroxyl groups is 1. The Morgan fingerprint density at radius 2 is 2.06 bits per heavy atom. The predicted octanol–water partition coefficient (Wildman–Crippen LogP) is 1.81. The van der Waals surface area contributed by atoms with E-state index in [4.69, 9.17) is 5.73 Å². The highest BCUT2D eigenvalue weighted by Crippen LogP contribution is 2.22. The highest BCUT2D eigenvalue weighted by atomic mass is 32.1. The summed E-state index contributed by atoms with van der Waals surface area (Å²) in [5, 5.41) is 12.1. The molecule has 0 aliphatic heterocycles. The second-order valence-corrected chi connectivity index (χ2v) is 4.67. The van der Waals surface area contributed by atoms with Gasteiger partial charge in [0.1, 0.15) is 5.82 Å². The van der Waals surface area contributed by atoms with Crippen molar-refractivity contribution in [3.05, 3.63) is 40.5 Å². The van der Waals surface area contributed by atoms with Crippen molar-refractivity contribution in [3.8, 4) is 11.3 Å². The topological polar surface area (TPSA) is 59.1 Å². The van der Waals surface area contributed by atoms with Gasteiger partial charge in [0.2, 0.25) is 0 Å². The molecule has 1 unspecified atom stereocenters. The molecule has 1 atom stereocenters. The van der Waals surface area contributed by atoms with Crippen molar-refractivity contribution in [2.75, 3.05) is 6.54 Å². The lowest BCUT2D eigenvalue weighted by Crippen LogP contribution is -2.21. The zero-order valence-electron chi connectivity index (χ0n) is 9.14. The molecule has 3 nitrogen and oxygen atoms in total. The second kappa shape index (κ2) is 5.35. The van der Waals surface area contributed by atoms with Crippen molar-refractivity contribution < 1.29 is 9.50 Å². The molecule has 0 spiro atoms. The van der Waals surface area contributed by atoms with E-state index < -0.39 is 6.10 Å². The maximum atomic E-state index is 12.8. The van der Waals surface area contributed by atoms with Gasteiger partial charge in [-0.05, 0) is 24.3 Å². The van der Waals surface area contributed by atoms with Gasteiger partial charge in [-0.3, -0.25) is 0 Å². The summed E-state index contributed by atoms with van der Waals surface area (Å²) in [6.07, 6.45) is -0.0928. The summed E-state index contributed by atoms with van der Waals surface area (Å²) in [5.74, 6) is -0.261. The number of hydrogen-bond donors (Lipinski definition) is 2. The average Bonchev–Trinajstić information content (AvgIpc) is 2.78. The fourth-order valence-corrected chi connectivity index (χ4v) is 2.32. The van der Waals surface area contributed by atoms with Crippen LogP contribution in [0.5, 0.6) is 0 Å². The smallest absolute Gasteiger partial charge is 0.123 e. The average molecular weight is 252 g/mol. The first-order valence-electron chi connectivity index (χ1n) is 5.27. The van der Waals surface area contributed by atoms with E-state index in [1.165, 1.54) is 23.5 Å². The van der Waals surface area contributed by atoms with Gasteiger partial charge in [0.15, 0.2) is 0 Å². The molecule has 0 radical (unpaired) electrons. The van der Waals surface area contributed by atoms with E-state index in [-0.39, 0.29) is 12.4 Å². The third kappa shape index (κ3) is 3.09. The van der Waals surface area contributed by atoms with E-state index in [9.17, 15) is 9.50 Å². The molecular formula is C12H13FN2OS. The van der Waals surface area contributed by atoms with Crippen molar-refractivity contribution in [2.45, 2.75) is 12.5 Å². The van der Waals surface area contributed by atoms with Crippen LogP contribution in [0.2, 0.25) is 0 Å². The minimum absolute atomic E-state index is 0.228. The first-order chi connectivity index (χ1) is 8.19. The highest BCUT2D eigenvalue weighted by Gasteiger charge is 2.08. The third-order valence-electron chi connectivity index (χ3n) is 2.37. The number of benzene rings is 1. The summed E-state index contributed by atoms with van der Waals surface area (Å²) in [4.78, 5) is 4.38. The maximum Gasteiger partial charge on any atom is 0.123 e. The molecule has 0 amide bonds. The molecule has 0 saturated carbocycles. The molecule has 0 fully saturated rings. The largest absolute Gasteiger partial charge is 0.391 e. The van der Waals surface area contributed by atoms with E-state index in [1.54, 1.807) is 12.1 Å². The van der Waals surface area contributed by atoms with Gasteiger partial charge in [-0.1, -0.05) is 0 Å². The molecule has 90 valence electrons. The van der Waals surface area contributed by atoms with Crippen LogP contribution in [-0.4, -0.2) is 22.7 Å². The Hall–Kier alpha value is -1.30. The van der Waals surface area contributed by atoms with E-state index in [0.29, 0.717) is 6.42 Å². The standard InChI is InChI=1S/C12H13FN2OS/c13-9-3-1-8(2-4-9)11-7-17-12(15-11)5-10(16)6-14/h1-4,7,10,16H,5-6,14H2. The van der Waals surface area contributed by atoms with Crippen molar-refractivity contribution >= 4 is 11.3 Å². The maximum absolute atomic E-state index is 12.8. The third-order valence-corrected chi connectivity index (χ3v) is 3.25. The summed E-state index contributed by atoms with van der Waals surface area (Å²) in [7, 11) is 0. The number of hydrogen-bond acceptors (Lipinski definition) is 4. The van der Waals surface area contributed by atoms with Crippen LogP contribution in [0, 0.1) is 5.82 Å². The molecule has 1 aromatic carbocycles. The highest BCUT2D eigenvalue weighted by molar-refractivity contribution is 7.09. The van der Waals surface area contributed by atoms with Crippen LogP contribution < -0.4 is 5.73 Å². The Bertz CT molecular complexity index is 484. The minimum Gasteiger partial charge on any atom is -0.391 e. The first kappa shape index (κ1) is 12.2. The van der Waals surface area contributed by atoms with Gasteiger partial charge < -0.3 is 10.8 Å². The van der Waals surface area contributed by atoms with Crippen LogP contribution in [0.3, 0.4) is 0 Å². The van der Waals surface area contributed by atoms with Gasteiger partial charge in [-0.2, -0.15) is 0 Å². The molecule has 2 rings (SSSR count). The predicted molar refractivity (Wildman–Crippen MR) is 66.3 cm³/mol. The molecule has 0 bridgehead atoms. The van der Waals surface area contributed by atoms with Gasteiger partial charge in [-0.15, -0.1) is 11.3 Å². The molecular weight excluding hydrogens is 239 g/mol. The van der Waals surface area contributed by atoms with Gasteiger partial charge in [0.25, 0.3) is 0 Å². The molecule has 1 heterocycles. The zero-order valence-corrected chi connectivity index (χ0v) is 9.95. The quantitative estimate of drug-likeness (QED) is 0.872. The van der Waals surface area contributed by atoms with Crippen LogP contribution in [0.1, 0.15) is 5.01 Å². The summed E-state index contributed by atoms with van der Waals surface area (Å²) in [5.41, 5.74) is 7.01. The van der Waals surface area contributed by atoms with Gasteiger partial charge >= 0.3 is 0 Å². The van der Waals surface area contributed by atoms with Crippen LogP contribution >= 0.6 is 11.3 Å². The van der Waals surface area contributed by atoms with Gasteiger partial charge in [-0.25, -0.2) is 9.37 Å². The Labute approximate surface area is 103 Å². The normalized spacial score (nSPS) is 12.6. The number of rotatable bonds is 4. The number of thiazole rings is 1. The molecule has 17 heavy (non-hydrogen) atoms. The van der Waals surface area contributed by atoms with Crippen molar-refractivity contribution in [1.29, 1.82) is 0 Å². The summed E-state index contributed by atoms with van der Waals surface area (Å²) in [6.45, 7) is 0.228. The van der Waals surface area contributed by atoms with Crippen LogP contribution in [0.25, 0.3) is 11.3 Å². The van der Waals surface area contributed by atoms with Crippen LogP contribution in [0.4, 0.5) is 4.39 Å². The number of aromatic nitrogens is 1. The van der Waals surface area contributed by atoms with Gasteiger partial charge in [0.05, 0.1) is 16.8 Å². The molecule has 0 saturated heterocycles. The Morgan fingerprint density at radius 3 is 2.71 bits per heavy atom. The lowest BCUT2D eigenvalue weighted by atomic mass is 10.2. The zero-order chi connectivity index (χ0) is 12.3. The van der Waals surface area contributed by atoms with Crippen LogP contribution in [-0.2, 0) is 6.42 Å². The monoisotopic (exact) mass is 252 g/mol. The number of nitrogens with zero attached hydrogens (tertiary/aromatic N) is 1. The Morgan fingerprint density at radius 1 is 1.35 bits per heavy atom. The fraction of sp³-hybridized carbons (Fsp3) is 0.250. The Balaban J connectivity index is 2.15.